The van der Waals surface area contributed by atoms with Crippen molar-refractivity contribution in [3.05, 3.63) is 72.3 Å². The third kappa shape index (κ3) is 5.47. The van der Waals surface area contributed by atoms with Gasteiger partial charge in [0, 0.05) is 49.9 Å². The fraction of sp³-hybridized carbons (Fsp3) is 0.310. The molecule has 11 nitrogen and oxygen atoms in total. The third-order valence-electron chi connectivity index (χ3n) is 7.73. The van der Waals surface area contributed by atoms with Gasteiger partial charge in [0.05, 0.1) is 45.0 Å². The summed E-state index contributed by atoms with van der Waals surface area (Å²) >= 11 is 0. The molecule has 0 unspecified atom stereocenters. The van der Waals surface area contributed by atoms with Gasteiger partial charge in [0.15, 0.2) is 9.84 Å². The quantitative estimate of drug-likeness (QED) is 0.356. The van der Waals surface area contributed by atoms with Crippen LogP contribution in [0.1, 0.15) is 35.3 Å². The molecule has 0 saturated carbocycles. The maximum atomic E-state index is 12.6. The van der Waals surface area contributed by atoms with Gasteiger partial charge in [0.25, 0.3) is 5.91 Å². The Bertz CT molecular complexity index is 1780. The second-order valence-corrected chi connectivity index (χ2v) is 12.6. The van der Waals surface area contributed by atoms with E-state index in [2.05, 4.69) is 25.5 Å². The van der Waals surface area contributed by atoms with Crippen LogP contribution in [0.2, 0.25) is 0 Å². The van der Waals surface area contributed by atoms with Crippen LogP contribution in [0.3, 0.4) is 0 Å². The molecule has 2 saturated heterocycles. The summed E-state index contributed by atoms with van der Waals surface area (Å²) in [7, 11) is -3.48. The Balaban J connectivity index is 1.19. The number of pyridine rings is 4. The highest BCUT2D eigenvalue weighted by atomic mass is 32.2. The van der Waals surface area contributed by atoms with Crippen molar-refractivity contribution in [3.8, 4) is 11.4 Å². The highest BCUT2D eigenvalue weighted by Gasteiger charge is 2.45. The molecule has 0 bridgehead atoms. The second kappa shape index (κ2) is 10.5. The molecule has 2 amide bonds. The lowest BCUT2D eigenvalue weighted by Crippen LogP contribution is -2.47. The van der Waals surface area contributed by atoms with E-state index in [0.29, 0.717) is 23.4 Å². The van der Waals surface area contributed by atoms with Crippen LogP contribution in [-0.2, 0) is 21.2 Å². The van der Waals surface area contributed by atoms with Gasteiger partial charge in [-0.2, -0.15) is 0 Å². The number of hydrogen-bond donors (Lipinski definition) is 2. The molecule has 4 aromatic heterocycles. The highest BCUT2D eigenvalue weighted by Crippen LogP contribution is 2.38. The van der Waals surface area contributed by atoms with E-state index in [1.165, 1.54) is 18.5 Å². The van der Waals surface area contributed by atoms with Gasteiger partial charge in [-0.05, 0) is 55.7 Å². The Hall–Kier alpha value is -4.45. The summed E-state index contributed by atoms with van der Waals surface area (Å²) in [6, 6.07) is 12.8. The Kier molecular flexibility index (Phi) is 6.86. The van der Waals surface area contributed by atoms with E-state index in [9.17, 15) is 18.0 Å². The number of rotatable bonds is 6. The van der Waals surface area contributed by atoms with Gasteiger partial charge in [-0.1, -0.05) is 6.07 Å². The third-order valence-corrected chi connectivity index (χ3v) is 8.81. The largest absolute Gasteiger partial charge is 0.356 e. The van der Waals surface area contributed by atoms with Gasteiger partial charge in [-0.25, -0.2) is 18.4 Å². The van der Waals surface area contributed by atoms with E-state index in [4.69, 9.17) is 9.97 Å². The first kappa shape index (κ1) is 26.8. The molecule has 0 aromatic carbocycles. The minimum Gasteiger partial charge on any atom is -0.356 e. The molecule has 1 atom stereocenters. The summed E-state index contributed by atoms with van der Waals surface area (Å²) in [4.78, 5) is 45.4. The number of fused-ring (bicyclic) bond motifs is 1. The summed E-state index contributed by atoms with van der Waals surface area (Å²) in [5.41, 5.74) is 2.54. The summed E-state index contributed by atoms with van der Waals surface area (Å²) in [5.74, 6) is 0.521. The normalized spacial score (nSPS) is 19.0. The van der Waals surface area contributed by atoms with E-state index in [0.717, 1.165) is 55.5 Å². The molecule has 1 spiro atoms. The van der Waals surface area contributed by atoms with Crippen molar-refractivity contribution in [3.63, 3.8) is 0 Å². The van der Waals surface area contributed by atoms with Crippen molar-refractivity contribution >= 4 is 38.4 Å². The molecule has 2 fully saturated rings. The summed E-state index contributed by atoms with van der Waals surface area (Å²) in [6.07, 6.45) is 8.00. The first-order valence-electron chi connectivity index (χ1n) is 13.4. The maximum Gasteiger partial charge on any atom is 0.253 e. The smallest absolute Gasteiger partial charge is 0.253 e. The Morgan fingerprint density at radius 3 is 2.73 bits per heavy atom. The maximum absolute atomic E-state index is 12.6. The average Bonchev–Trinajstić information content (AvgIpc) is 3.33. The van der Waals surface area contributed by atoms with Gasteiger partial charge >= 0.3 is 0 Å². The zero-order valence-corrected chi connectivity index (χ0v) is 23.3. The Labute approximate surface area is 237 Å². The number of piperidine rings is 1. The molecule has 6 rings (SSSR count). The zero-order valence-electron chi connectivity index (χ0n) is 22.5. The van der Waals surface area contributed by atoms with Gasteiger partial charge < -0.3 is 15.5 Å². The lowest BCUT2D eigenvalue weighted by atomic mass is 9.78. The summed E-state index contributed by atoms with van der Waals surface area (Å²) in [6.45, 7) is 2.37. The minimum absolute atomic E-state index is 0.0211. The first-order valence-corrected chi connectivity index (χ1v) is 15.3. The lowest BCUT2D eigenvalue weighted by molar-refractivity contribution is -0.128. The molecule has 4 aromatic rings. The number of aromatic nitrogens is 4. The van der Waals surface area contributed by atoms with E-state index in [1.807, 2.05) is 30.3 Å². The predicted molar refractivity (Wildman–Crippen MR) is 153 cm³/mol. The lowest BCUT2D eigenvalue weighted by Gasteiger charge is -2.39. The van der Waals surface area contributed by atoms with E-state index >= 15 is 0 Å². The van der Waals surface area contributed by atoms with Gasteiger partial charge in [-0.15, -0.1) is 0 Å². The van der Waals surface area contributed by atoms with Crippen LogP contribution >= 0.6 is 0 Å². The number of anilines is 1. The molecule has 0 radical (unpaired) electrons. The fourth-order valence-electron chi connectivity index (χ4n) is 5.49. The molecular weight excluding hydrogens is 542 g/mol. The monoisotopic (exact) mass is 571 g/mol. The average molecular weight is 572 g/mol. The van der Waals surface area contributed by atoms with Crippen LogP contribution < -0.4 is 15.5 Å². The van der Waals surface area contributed by atoms with Crippen LogP contribution in [0.5, 0.6) is 0 Å². The van der Waals surface area contributed by atoms with Crippen molar-refractivity contribution in [1.82, 2.24) is 30.6 Å². The van der Waals surface area contributed by atoms with E-state index < -0.39 is 15.7 Å². The predicted octanol–water partition coefficient (Wildman–Crippen LogP) is 2.53. The SMILES string of the molecule is CS(=O)(=O)c1cncc(C(=O)NCc2cc3nc(-c4cccc(N5CCC[C@@]6(CCNC6=O)C5)n4)ccc3cn2)c1. The zero-order chi connectivity index (χ0) is 28.6. The van der Waals surface area contributed by atoms with Crippen molar-refractivity contribution in [2.24, 2.45) is 5.41 Å². The van der Waals surface area contributed by atoms with Crippen LogP contribution in [0, 0.1) is 5.41 Å². The molecule has 6 heterocycles. The van der Waals surface area contributed by atoms with Crippen LogP contribution in [0.25, 0.3) is 22.3 Å². The molecule has 2 aliphatic rings. The van der Waals surface area contributed by atoms with E-state index in [-0.39, 0.29) is 28.3 Å². The van der Waals surface area contributed by atoms with Gasteiger partial charge in [0.2, 0.25) is 5.91 Å². The molecule has 0 aliphatic carbocycles. The Morgan fingerprint density at radius 1 is 1.07 bits per heavy atom. The van der Waals surface area contributed by atoms with Crippen LogP contribution in [0.4, 0.5) is 5.82 Å². The Morgan fingerprint density at radius 2 is 1.93 bits per heavy atom. The number of sulfone groups is 1. The molecular formula is C29H29N7O4S. The molecule has 2 N–H and O–H groups in total. The highest BCUT2D eigenvalue weighted by molar-refractivity contribution is 7.90. The molecule has 41 heavy (non-hydrogen) atoms. The number of hydrogen-bond acceptors (Lipinski definition) is 9. The standard InChI is InChI=1S/C29H29N7O4S/c1-41(39,40)22-12-20(14-30-17-22)27(37)33-16-21-13-25-19(15-32-21)6-7-24(34-25)23-4-2-5-26(35-23)36-11-3-8-29(18-36)9-10-31-28(29)38/h2,4-7,12-15,17H,3,8-11,16,18H2,1H3,(H,31,38)(H,33,37)/t29-/m1/s1. The minimum atomic E-state index is -3.48. The van der Waals surface area contributed by atoms with Crippen molar-refractivity contribution in [1.29, 1.82) is 0 Å². The first-order chi connectivity index (χ1) is 19.7. The fourth-order valence-corrected chi connectivity index (χ4v) is 6.08. The number of nitrogens with zero attached hydrogens (tertiary/aromatic N) is 5. The summed E-state index contributed by atoms with van der Waals surface area (Å²) < 4.78 is 23.6. The van der Waals surface area contributed by atoms with Crippen LogP contribution in [-0.4, -0.2) is 66.1 Å². The van der Waals surface area contributed by atoms with Gasteiger partial charge in [-0.3, -0.25) is 19.6 Å². The molecule has 12 heteroatoms. The number of amides is 2. The number of carbonyl (C=O) groups excluding carboxylic acids is 2. The van der Waals surface area contributed by atoms with E-state index in [1.54, 1.807) is 12.3 Å². The number of carbonyl (C=O) groups is 2. The van der Waals surface area contributed by atoms with Gasteiger partial charge in [0.1, 0.15) is 5.82 Å². The van der Waals surface area contributed by atoms with Crippen LogP contribution in [0.15, 0.2) is 66.0 Å². The molecule has 2 aliphatic heterocycles. The number of nitrogens with one attached hydrogen (secondary N) is 2. The molecule has 210 valence electrons. The topological polar surface area (TPSA) is 147 Å². The van der Waals surface area contributed by atoms with Crippen molar-refractivity contribution in [2.45, 2.75) is 30.7 Å². The van der Waals surface area contributed by atoms with Crippen molar-refractivity contribution in [2.75, 3.05) is 30.8 Å². The second-order valence-electron chi connectivity index (χ2n) is 10.6. The van der Waals surface area contributed by atoms with Crippen molar-refractivity contribution < 1.29 is 18.0 Å². The summed E-state index contributed by atoms with van der Waals surface area (Å²) in [5, 5.41) is 6.60.